The number of rotatable bonds is 3. The second kappa shape index (κ2) is 6.81. The molecule has 146 valence electrons. The number of hydrogen-bond acceptors (Lipinski definition) is 4. The molecule has 0 aliphatic carbocycles. The van der Waals surface area contributed by atoms with Gasteiger partial charge in [0.1, 0.15) is 12.4 Å². The topological polar surface area (TPSA) is 58.4 Å². The van der Waals surface area contributed by atoms with Crippen LogP contribution in [0.4, 0.5) is 4.39 Å². The van der Waals surface area contributed by atoms with E-state index in [2.05, 4.69) is 9.88 Å². The number of nitrogens with zero attached hydrogens (tertiary/aromatic N) is 4. The Bertz CT molecular complexity index is 936. The second-order valence-electron chi connectivity index (χ2n) is 8.09. The molecule has 0 radical (unpaired) electrons. The summed E-state index contributed by atoms with van der Waals surface area (Å²) >= 11 is 0. The largest absolute Gasteiger partial charge is 0.347 e. The Morgan fingerprint density at radius 1 is 1.14 bits per heavy atom. The highest BCUT2D eigenvalue weighted by Crippen LogP contribution is 2.46. The lowest BCUT2D eigenvalue weighted by molar-refractivity contribution is -0.136. The van der Waals surface area contributed by atoms with Crippen molar-refractivity contribution < 1.29 is 9.18 Å². The second-order valence-corrected chi connectivity index (χ2v) is 8.09. The van der Waals surface area contributed by atoms with E-state index < -0.39 is 5.69 Å². The number of aromatic nitrogens is 2. The van der Waals surface area contributed by atoms with Gasteiger partial charge >= 0.3 is 5.69 Å². The van der Waals surface area contributed by atoms with Crippen LogP contribution in [0.3, 0.4) is 0 Å². The number of fused-ring (bicyclic) bond motifs is 2. The van der Waals surface area contributed by atoms with Gasteiger partial charge in [-0.1, -0.05) is 12.1 Å². The molecular formula is C21H23FN4O2. The third kappa shape index (κ3) is 2.85. The van der Waals surface area contributed by atoms with Gasteiger partial charge in [0.15, 0.2) is 0 Å². The summed E-state index contributed by atoms with van der Waals surface area (Å²) in [6.45, 7) is 2.75. The first-order valence-corrected chi connectivity index (χ1v) is 9.92. The Balaban J connectivity index is 1.46. The number of benzene rings is 1. The van der Waals surface area contributed by atoms with Crippen molar-refractivity contribution in [1.29, 1.82) is 0 Å². The molecule has 2 bridgehead atoms. The zero-order chi connectivity index (χ0) is 19.3. The van der Waals surface area contributed by atoms with Crippen LogP contribution in [0.15, 0.2) is 47.5 Å². The molecule has 4 saturated heterocycles. The summed E-state index contributed by atoms with van der Waals surface area (Å²) in [6, 6.07) is 8.79. The molecule has 3 atom stereocenters. The van der Waals surface area contributed by atoms with Crippen LogP contribution < -0.4 is 5.69 Å². The molecule has 2 aromatic rings. The van der Waals surface area contributed by atoms with Crippen LogP contribution in [0, 0.1) is 11.7 Å². The van der Waals surface area contributed by atoms with E-state index in [4.69, 9.17) is 0 Å². The van der Waals surface area contributed by atoms with Crippen LogP contribution in [0.25, 0.3) is 0 Å². The Hall–Kier alpha value is -2.54. The van der Waals surface area contributed by atoms with Crippen molar-refractivity contribution in [3.63, 3.8) is 0 Å². The van der Waals surface area contributed by atoms with Gasteiger partial charge < -0.3 is 4.90 Å². The summed E-state index contributed by atoms with van der Waals surface area (Å²) in [5, 5.41) is 0. The van der Waals surface area contributed by atoms with Crippen LogP contribution >= 0.6 is 0 Å². The lowest BCUT2D eigenvalue weighted by atomic mass is 9.75. The van der Waals surface area contributed by atoms with Crippen molar-refractivity contribution in [2.75, 3.05) is 19.6 Å². The molecule has 0 N–H and O–H groups in total. The highest BCUT2D eigenvalue weighted by Gasteiger charge is 2.54. The maximum Gasteiger partial charge on any atom is 0.347 e. The Morgan fingerprint density at radius 3 is 2.61 bits per heavy atom. The summed E-state index contributed by atoms with van der Waals surface area (Å²) in [4.78, 5) is 33.3. The predicted molar refractivity (Wildman–Crippen MR) is 101 cm³/mol. The molecule has 1 aromatic carbocycles. The SMILES string of the molecule is O=C(Cn1cccnc1=O)N1C[C@@H](c2ccc(F)cc2)[C@@H]2[C@H]1C1CCN2CC1. The van der Waals surface area contributed by atoms with Gasteiger partial charge in [-0.2, -0.15) is 0 Å². The number of likely N-dealkylation sites (tertiary alicyclic amines) is 1. The zero-order valence-electron chi connectivity index (χ0n) is 15.6. The lowest BCUT2D eigenvalue weighted by Crippen LogP contribution is -2.61. The monoisotopic (exact) mass is 382 g/mol. The van der Waals surface area contributed by atoms with E-state index in [1.165, 1.54) is 22.9 Å². The van der Waals surface area contributed by atoms with Crippen LogP contribution in [0.5, 0.6) is 0 Å². The molecular weight excluding hydrogens is 359 g/mol. The first-order chi connectivity index (χ1) is 13.6. The number of halogens is 1. The minimum atomic E-state index is -0.407. The lowest BCUT2D eigenvalue weighted by Gasteiger charge is -2.51. The van der Waals surface area contributed by atoms with Crippen molar-refractivity contribution in [2.45, 2.75) is 37.4 Å². The molecule has 0 spiro atoms. The third-order valence-electron chi connectivity index (χ3n) is 6.70. The fraction of sp³-hybridized carbons (Fsp3) is 0.476. The molecule has 5 heterocycles. The van der Waals surface area contributed by atoms with E-state index in [-0.39, 0.29) is 36.3 Å². The quantitative estimate of drug-likeness (QED) is 0.807. The molecule has 4 aliphatic heterocycles. The first kappa shape index (κ1) is 17.6. The van der Waals surface area contributed by atoms with Crippen molar-refractivity contribution in [3.05, 3.63) is 64.6 Å². The first-order valence-electron chi connectivity index (χ1n) is 9.92. The fourth-order valence-electron chi connectivity index (χ4n) is 5.45. The van der Waals surface area contributed by atoms with Crippen LogP contribution in [-0.4, -0.2) is 57.0 Å². The summed E-state index contributed by atoms with van der Waals surface area (Å²) in [7, 11) is 0. The van der Waals surface area contributed by atoms with E-state index >= 15 is 0 Å². The van der Waals surface area contributed by atoms with Crippen LogP contribution in [0.2, 0.25) is 0 Å². The number of carbonyl (C=O) groups is 1. The van der Waals surface area contributed by atoms with Gasteiger partial charge in [-0.15, -0.1) is 0 Å². The van der Waals surface area contributed by atoms with Gasteiger partial charge in [-0.3, -0.25) is 14.3 Å². The third-order valence-corrected chi connectivity index (χ3v) is 6.70. The van der Waals surface area contributed by atoms with E-state index in [1.807, 2.05) is 17.0 Å². The molecule has 1 aromatic heterocycles. The molecule has 6 rings (SSSR count). The minimum absolute atomic E-state index is 0.0126. The number of piperidine rings is 3. The van der Waals surface area contributed by atoms with Crippen molar-refractivity contribution in [3.8, 4) is 0 Å². The number of amides is 1. The summed E-state index contributed by atoms with van der Waals surface area (Å²) in [5.41, 5.74) is 0.674. The predicted octanol–water partition coefficient (Wildman–Crippen LogP) is 1.47. The molecule has 0 saturated carbocycles. The fourth-order valence-corrected chi connectivity index (χ4v) is 5.45. The Morgan fingerprint density at radius 2 is 1.89 bits per heavy atom. The van der Waals surface area contributed by atoms with Gasteiger partial charge in [-0.05, 0) is 55.6 Å². The zero-order valence-corrected chi connectivity index (χ0v) is 15.6. The Kier molecular flexibility index (Phi) is 4.27. The van der Waals surface area contributed by atoms with Gasteiger partial charge in [0.2, 0.25) is 5.91 Å². The number of hydrogen-bond donors (Lipinski definition) is 0. The number of carbonyl (C=O) groups excluding carboxylic acids is 1. The average Bonchev–Trinajstić information content (AvgIpc) is 3.14. The summed E-state index contributed by atoms with van der Waals surface area (Å²) in [6.07, 6.45) is 5.25. The highest BCUT2D eigenvalue weighted by molar-refractivity contribution is 5.77. The normalized spacial score (nSPS) is 31.0. The van der Waals surface area contributed by atoms with E-state index in [0.717, 1.165) is 31.5 Å². The molecule has 0 unspecified atom stereocenters. The summed E-state index contributed by atoms with van der Waals surface area (Å²) < 4.78 is 14.8. The van der Waals surface area contributed by atoms with Gasteiger partial charge in [0.25, 0.3) is 0 Å². The van der Waals surface area contributed by atoms with E-state index in [0.29, 0.717) is 12.5 Å². The van der Waals surface area contributed by atoms with E-state index in [9.17, 15) is 14.0 Å². The molecule has 1 amide bonds. The van der Waals surface area contributed by atoms with Crippen molar-refractivity contribution in [1.82, 2.24) is 19.4 Å². The van der Waals surface area contributed by atoms with E-state index in [1.54, 1.807) is 12.3 Å². The van der Waals surface area contributed by atoms with Gasteiger partial charge in [0.05, 0.1) is 6.04 Å². The van der Waals surface area contributed by atoms with Gasteiger partial charge in [-0.25, -0.2) is 14.2 Å². The molecule has 28 heavy (non-hydrogen) atoms. The molecule has 7 heteroatoms. The highest BCUT2D eigenvalue weighted by atomic mass is 19.1. The van der Waals surface area contributed by atoms with Crippen molar-refractivity contribution in [2.24, 2.45) is 5.92 Å². The summed E-state index contributed by atoms with van der Waals surface area (Å²) in [5.74, 6) is 0.384. The molecule has 4 fully saturated rings. The van der Waals surface area contributed by atoms with Crippen molar-refractivity contribution >= 4 is 5.91 Å². The van der Waals surface area contributed by atoms with Crippen LogP contribution in [-0.2, 0) is 11.3 Å². The van der Waals surface area contributed by atoms with Crippen LogP contribution in [0.1, 0.15) is 24.3 Å². The molecule has 4 aliphatic rings. The Labute approximate surface area is 162 Å². The van der Waals surface area contributed by atoms with Gasteiger partial charge in [0, 0.05) is 30.9 Å². The smallest absolute Gasteiger partial charge is 0.336 e. The molecule has 6 nitrogen and oxygen atoms in total. The minimum Gasteiger partial charge on any atom is -0.336 e. The standard InChI is InChI=1S/C21H23FN4O2/c22-16-4-2-14(3-5-16)17-12-26(18(27)13-25-9-1-8-23-21(25)28)19-15-6-10-24(11-7-15)20(17)19/h1-5,8-9,15,17,19-20H,6-7,10-13H2/t17-,19+,20+/m0/s1. The average molecular weight is 382 g/mol. The maximum absolute atomic E-state index is 13.4. The maximum atomic E-state index is 13.4.